The lowest BCUT2D eigenvalue weighted by Crippen LogP contribution is -2.52. The number of rotatable bonds is 7. The molecule has 9 heteroatoms. The molecule has 1 heterocycles. The van der Waals surface area contributed by atoms with Gasteiger partial charge in [0, 0.05) is 5.56 Å². The third-order valence-electron chi connectivity index (χ3n) is 7.07. The number of imide groups is 1. The summed E-state index contributed by atoms with van der Waals surface area (Å²) < 4.78 is 5.37. The highest BCUT2D eigenvalue weighted by Gasteiger charge is 2.51. The summed E-state index contributed by atoms with van der Waals surface area (Å²) in [5.41, 5.74) is 1.63. The summed E-state index contributed by atoms with van der Waals surface area (Å²) in [7, 11) is 0. The number of benzene rings is 3. The maximum atomic E-state index is 13.7. The van der Waals surface area contributed by atoms with Crippen molar-refractivity contribution in [2.75, 3.05) is 6.54 Å². The van der Waals surface area contributed by atoms with E-state index in [1.165, 1.54) is 36.4 Å². The molecule has 0 N–H and O–H groups in total. The topological polar surface area (TPSA) is 101 Å². The monoisotopic (exact) mass is 556 g/mol. The number of hydrogen-bond acceptors (Lipinski definition) is 6. The predicted octanol–water partition coefficient (Wildman–Crippen LogP) is 5.14. The first-order valence-electron chi connectivity index (χ1n) is 12.7. The Labute approximate surface area is 235 Å². The average Bonchev–Trinajstić information content (AvgIpc) is 3.20. The fourth-order valence-electron chi connectivity index (χ4n) is 4.94. The molecule has 202 valence electrons. The number of allylic oxidation sites excluding steroid dienone is 2. The Morgan fingerprint density at radius 3 is 2.23 bits per heavy atom. The Hall–Kier alpha value is -4.56. The van der Waals surface area contributed by atoms with Gasteiger partial charge in [-0.15, -0.1) is 0 Å². The highest BCUT2D eigenvalue weighted by Crippen LogP contribution is 2.39. The van der Waals surface area contributed by atoms with Crippen LogP contribution in [0.5, 0.6) is 5.75 Å². The summed E-state index contributed by atoms with van der Waals surface area (Å²) in [5, 5.41) is 1.84. The number of ether oxygens (including phenoxy) is 1. The van der Waals surface area contributed by atoms with Crippen molar-refractivity contribution < 1.29 is 28.7 Å². The minimum atomic E-state index is -0.739. The van der Waals surface area contributed by atoms with Crippen LogP contribution in [0.15, 0.2) is 90.5 Å². The number of Topliss-reactive ketones (excluding diaryl/α,β-unsaturated/α-hetero) is 1. The molecule has 0 bridgehead atoms. The lowest BCUT2D eigenvalue weighted by atomic mass is 9.82. The number of nitrogens with zero attached hydrogens (tertiary/aromatic N) is 2. The maximum absolute atomic E-state index is 13.7. The van der Waals surface area contributed by atoms with Gasteiger partial charge >= 0.3 is 5.97 Å². The second kappa shape index (κ2) is 11.3. The van der Waals surface area contributed by atoms with E-state index in [1.54, 1.807) is 42.5 Å². The Bertz CT molecular complexity index is 1530. The number of hydrogen-bond donors (Lipinski definition) is 0. The van der Waals surface area contributed by atoms with E-state index in [2.05, 4.69) is 0 Å². The van der Waals surface area contributed by atoms with Crippen molar-refractivity contribution >= 4 is 41.1 Å². The number of ketones is 1. The Morgan fingerprint density at radius 2 is 1.52 bits per heavy atom. The van der Waals surface area contributed by atoms with Gasteiger partial charge in [-0.25, -0.2) is 9.80 Å². The van der Waals surface area contributed by atoms with Crippen LogP contribution in [0.25, 0.3) is 0 Å². The molecule has 0 unspecified atom stereocenters. The maximum Gasteiger partial charge on any atom is 0.343 e. The Balaban J connectivity index is 1.39. The van der Waals surface area contributed by atoms with Crippen LogP contribution in [0.2, 0.25) is 5.02 Å². The Morgan fingerprint density at radius 1 is 0.875 bits per heavy atom. The zero-order chi connectivity index (χ0) is 28.4. The van der Waals surface area contributed by atoms with Crippen LogP contribution >= 0.6 is 11.6 Å². The van der Waals surface area contributed by atoms with Crippen LogP contribution in [0.4, 0.5) is 0 Å². The van der Waals surface area contributed by atoms with Crippen molar-refractivity contribution in [3.8, 4) is 5.75 Å². The van der Waals surface area contributed by atoms with Gasteiger partial charge in [-0.1, -0.05) is 53.6 Å². The second-order valence-electron chi connectivity index (χ2n) is 9.74. The van der Waals surface area contributed by atoms with Gasteiger partial charge in [0.2, 0.25) is 0 Å². The van der Waals surface area contributed by atoms with E-state index in [1.807, 2.05) is 13.0 Å². The summed E-state index contributed by atoms with van der Waals surface area (Å²) in [6.45, 7) is 1.32. The summed E-state index contributed by atoms with van der Waals surface area (Å²) in [5.74, 6) is -3.80. The molecular formula is C31H25ClN2O6. The molecular weight excluding hydrogens is 532 g/mol. The first-order valence-corrected chi connectivity index (χ1v) is 13.1. The molecule has 40 heavy (non-hydrogen) atoms. The summed E-state index contributed by atoms with van der Waals surface area (Å²) >= 11 is 6.27. The van der Waals surface area contributed by atoms with Crippen LogP contribution in [0, 0.1) is 11.8 Å². The number of carbonyl (C=O) groups excluding carboxylic acids is 5. The largest absolute Gasteiger partial charge is 0.423 e. The summed E-state index contributed by atoms with van der Waals surface area (Å²) in [4.78, 5) is 66.2. The average molecular weight is 557 g/mol. The third kappa shape index (κ3) is 5.31. The number of halogens is 1. The van der Waals surface area contributed by atoms with E-state index in [-0.39, 0.29) is 21.9 Å². The highest BCUT2D eigenvalue weighted by atomic mass is 35.5. The molecule has 0 radical (unpaired) electrons. The molecule has 1 aliphatic carbocycles. The molecule has 0 spiro atoms. The van der Waals surface area contributed by atoms with E-state index in [9.17, 15) is 24.0 Å². The number of amides is 3. The molecule has 3 aromatic carbocycles. The smallest absolute Gasteiger partial charge is 0.343 e. The highest BCUT2D eigenvalue weighted by molar-refractivity contribution is 6.34. The fourth-order valence-corrected chi connectivity index (χ4v) is 5.16. The number of esters is 1. The summed E-state index contributed by atoms with van der Waals surface area (Å²) in [6, 6.07) is 20.5. The normalized spacial score (nSPS) is 18.1. The molecule has 5 rings (SSSR count). The zero-order valence-electron chi connectivity index (χ0n) is 21.6. The van der Waals surface area contributed by atoms with Crippen molar-refractivity contribution in [2.45, 2.75) is 19.8 Å². The van der Waals surface area contributed by atoms with Gasteiger partial charge in [-0.3, -0.25) is 19.2 Å². The minimum absolute atomic E-state index is 0.0601. The fraction of sp³-hybridized carbons (Fsp3) is 0.194. The molecule has 1 saturated heterocycles. The van der Waals surface area contributed by atoms with Crippen LogP contribution in [0.3, 0.4) is 0 Å². The molecule has 2 aliphatic rings. The van der Waals surface area contributed by atoms with Crippen LogP contribution < -0.4 is 4.74 Å². The van der Waals surface area contributed by atoms with Crippen molar-refractivity contribution in [1.82, 2.24) is 10.0 Å². The number of hydrazine groups is 1. The van der Waals surface area contributed by atoms with Crippen molar-refractivity contribution in [3.63, 3.8) is 0 Å². The minimum Gasteiger partial charge on any atom is -0.423 e. The zero-order valence-corrected chi connectivity index (χ0v) is 22.3. The van der Waals surface area contributed by atoms with Gasteiger partial charge in [-0.2, -0.15) is 5.01 Å². The van der Waals surface area contributed by atoms with E-state index in [0.717, 1.165) is 15.6 Å². The van der Waals surface area contributed by atoms with Crippen LogP contribution in [0.1, 0.15) is 50.8 Å². The van der Waals surface area contributed by atoms with E-state index >= 15 is 0 Å². The van der Waals surface area contributed by atoms with Crippen molar-refractivity contribution in [3.05, 3.63) is 112 Å². The standard InChI is InChI=1S/C31H25ClN2O6/c1-19-11-16-23-25(17-19)30(38)34(29(23)37)33(28(36)24-9-5-6-10-26(24)32)18-27(35)20-12-14-22(15-13-20)40-31(39)21-7-3-2-4-8-21/h2-15,23,25H,16-18H2,1H3/t23-,25-/m0/s1. The predicted molar refractivity (Wildman–Crippen MR) is 146 cm³/mol. The molecule has 8 nitrogen and oxygen atoms in total. The van der Waals surface area contributed by atoms with E-state index in [0.29, 0.717) is 18.4 Å². The first kappa shape index (κ1) is 27.0. The second-order valence-corrected chi connectivity index (χ2v) is 10.1. The van der Waals surface area contributed by atoms with Gasteiger partial charge < -0.3 is 4.74 Å². The number of carbonyl (C=O) groups is 5. The summed E-state index contributed by atoms with van der Waals surface area (Å²) in [6.07, 6.45) is 2.73. The third-order valence-corrected chi connectivity index (χ3v) is 7.40. The van der Waals surface area contributed by atoms with Gasteiger partial charge in [-0.05, 0) is 68.3 Å². The molecule has 3 amide bonds. The van der Waals surface area contributed by atoms with Gasteiger partial charge in [0.15, 0.2) is 5.78 Å². The molecule has 1 fully saturated rings. The van der Waals surface area contributed by atoms with Crippen molar-refractivity contribution in [1.29, 1.82) is 0 Å². The molecule has 1 aliphatic heterocycles. The van der Waals surface area contributed by atoms with Gasteiger partial charge in [0.25, 0.3) is 17.7 Å². The Kier molecular flexibility index (Phi) is 7.62. The van der Waals surface area contributed by atoms with E-state index < -0.39 is 47.9 Å². The molecule has 2 atom stereocenters. The van der Waals surface area contributed by atoms with Crippen molar-refractivity contribution in [2.24, 2.45) is 11.8 Å². The number of fused-ring (bicyclic) bond motifs is 1. The van der Waals surface area contributed by atoms with Crippen LogP contribution in [-0.2, 0) is 9.59 Å². The van der Waals surface area contributed by atoms with Crippen LogP contribution in [-0.4, -0.2) is 46.0 Å². The lowest BCUT2D eigenvalue weighted by molar-refractivity contribution is -0.154. The molecule has 0 saturated carbocycles. The van der Waals surface area contributed by atoms with Gasteiger partial charge in [0.05, 0.1) is 28.0 Å². The lowest BCUT2D eigenvalue weighted by Gasteiger charge is -2.30. The molecule has 3 aromatic rings. The molecule has 0 aromatic heterocycles. The van der Waals surface area contributed by atoms with Gasteiger partial charge in [0.1, 0.15) is 12.3 Å². The first-order chi connectivity index (χ1) is 19.2. The van der Waals surface area contributed by atoms with E-state index in [4.69, 9.17) is 16.3 Å². The quantitative estimate of drug-likeness (QED) is 0.131. The SMILES string of the molecule is CC1=CC[C@@H]2C(=O)N(N(CC(=O)c3ccc(OC(=O)c4ccccc4)cc3)C(=O)c3ccccc3Cl)C(=O)[C@H]2C1.